The lowest BCUT2D eigenvalue weighted by Crippen LogP contribution is -2.57. The monoisotopic (exact) mass is 943 g/mol. The number of ether oxygens (including phenoxy) is 4. The Morgan fingerprint density at radius 2 is 0.941 bits per heavy atom. The van der Waals surface area contributed by atoms with Crippen LogP contribution in [0, 0.1) is 16.6 Å². The third kappa shape index (κ3) is 11.2. The van der Waals surface area contributed by atoms with Gasteiger partial charge in [0.2, 0.25) is 23.6 Å². The van der Waals surface area contributed by atoms with Gasteiger partial charge in [-0.2, -0.15) is 0 Å². The first-order valence-corrected chi connectivity index (χ1v) is 22.9. The van der Waals surface area contributed by atoms with Crippen LogP contribution in [-0.2, 0) is 38.1 Å². The lowest BCUT2D eigenvalue weighted by molar-refractivity contribution is -0.140. The van der Waals surface area contributed by atoms with Crippen molar-refractivity contribution < 1.29 is 52.1 Å². The number of carbonyl (C=O) groups is 6. The highest BCUT2D eigenvalue weighted by molar-refractivity contribution is 6.00. The molecule has 68 heavy (non-hydrogen) atoms. The van der Waals surface area contributed by atoms with E-state index in [0.717, 1.165) is 11.1 Å². The molecular weight excluding hydrogens is 878 g/mol. The predicted molar refractivity (Wildman–Crippen MR) is 253 cm³/mol. The highest BCUT2D eigenvalue weighted by Crippen LogP contribution is 2.49. The van der Waals surface area contributed by atoms with Gasteiger partial charge in [-0.25, -0.2) is 14.0 Å². The third-order valence-corrected chi connectivity index (χ3v) is 13.1. The number of hydrogen-bond donors (Lipinski definition) is 4. The van der Waals surface area contributed by atoms with Gasteiger partial charge in [0.1, 0.15) is 42.2 Å². The zero-order valence-electron chi connectivity index (χ0n) is 40.6. The van der Waals surface area contributed by atoms with E-state index in [1.54, 1.807) is 50.6 Å². The summed E-state index contributed by atoms with van der Waals surface area (Å²) in [5, 5.41) is 11.3. The Kier molecular flexibility index (Phi) is 16.1. The van der Waals surface area contributed by atoms with Gasteiger partial charge in [0.15, 0.2) is 0 Å². The summed E-state index contributed by atoms with van der Waals surface area (Å²) in [4.78, 5) is 84.7. The van der Waals surface area contributed by atoms with Crippen molar-refractivity contribution in [2.24, 2.45) is 10.8 Å². The van der Waals surface area contributed by atoms with Crippen LogP contribution in [0.2, 0.25) is 0 Å². The van der Waals surface area contributed by atoms with Crippen LogP contribution < -0.4 is 26.2 Å². The normalized spacial score (nSPS) is 22.5. The number of hydrogen-bond acceptors (Lipinski definition) is 11. The van der Waals surface area contributed by atoms with Crippen LogP contribution in [0.1, 0.15) is 90.4 Å². The summed E-state index contributed by atoms with van der Waals surface area (Å²) in [6.45, 7) is 11.7. The van der Waals surface area contributed by atoms with E-state index in [1.807, 2.05) is 65.8 Å². The van der Waals surface area contributed by atoms with Crippen molar-refractivity contribution in [1.82, 2.24) is 20.4 Å². The number of anilines is 3. The second-order valence-electron chi connectivity index (χ2n) is 19.6. The van der Waals surface area contributed by atoms with Crippen LogP contribution in [-0.4, -0.2) is 124 Å². The molecule has 0 unspecified atom stereocenters. The van der Waals surface area contributed by atoms with Gasteiger partial charge in [0, 0.05) is 44.4 Å². The zero-order chi connectivity index (χ0) is 49.7. The summed E-state index contributed by atoms with van der Waals surface area (Å²) < 4.78 is 36.4. The van der Waals surface area contributed by atoms with E-state index in [1.165, 1.54) is 36.2 Å². The molecule has 0 bridgehead atoms. The molecule has 3 aromatic rings. The van der Waals surface area contributed by atoms with Gasteiger partial charge in [0.25, 0.3) is 0 Å². The molecule has 368 valence electrons. The molecule has 3 aromatic carbocycles. The van der Waals surface area contributed by atoms with Crippen molar-refractivity contribution in [3.8, 4) is 0 Å². The molecule has 8 atom stereocenters. The fourth-order valence-electron chi connectivity index (χ4n) is 9.58. The summed E-state index contributed by atoms with van der Waals surface area (Å²) in [6.07, 6.45) is -0.399. The first kappa shape index (κ1) is 51.1. The summed E-state index contributed by atoms with van der Waals surface area (Å²) >= 11 is 0. The molecule has 3 aliphatic rings. The van der Waals surface area contributed by atoms with E-state index in [2.05, 4.69) is 26.2 Å². The van der Waals surface area contributed by atoms with E-state index < -0.39 is 77.3 Å². The Labute approximate surface area is 397 Å². The number of halogens is 1. The fourth-order valence-corrected chi connectivity index (χ4v) is 9.58. The smallest absolute Gasteiger partial charge is 0.407 e. The largest absolute Gasteiger partial charge is 0.453 e. The van der Waals surface area contributed by atoms with Crippen LogP contribution in [0.15, 0.2) is 72.8 Å². The number of nitrogens with zero attached hydrogens (tertiary/aromatic N) is 3. The van der Waals surface area contributed by atoms with E-state index >= 15 is 0 Å². The minimum Gasteiger partial charge on any atom is -0.453 e. The summed E-state index contributed by atoms with van der Waals surface area (Å²) in [7, 11) is 5.67. The summed E-state index contributed by atoms with van der Waals surface area (Å²) in [5.74, 6) is -1.84. The molecule has 0 saturated carbocycles. The predicted octanol–water partition coefficient (Wildman–Crippen LogP) is 6.56. The highest BCUT2D eigenvalue weighted by atomic mass is 19.1. The van der Waals surface area contributed by atoms with Crippen molar-refractivity contribution in [2.75, 3.05) is 57.1 Å². The van der Waals surface area contributed by atoms with Gasteiger partial charge in [-0.15, -0.1) is 0 Å². The topological polar surface area (TPSA) is 197 Å². The first-order chi connectivity index (χ1) is 32.2. The van der Waals surface area contributed by atoms with Crippen molar-refractivity contribution in [3.63, 3.8) is 0 Å². The number of methoxy groups -OCH3 is 4. The molecule has 0 aliphatic carbocycles. The maximum Gasteiger partial charge on any atom is 0.407 e. The first-order valence-electron chi connectivity index (χ1n) is 22.9. The summed E-state index contributed by atoms with van der Waals surface area (Å²) in [6, 6.07) is 16.6. The highest BCUT2D eigenvalue weighted by Gasteiger charge is 2.51. The van der Waals surface area contributed by atoms with Gasteiger partial charge >= 0.3 is 12.2 Å². The van der Waals surface area contributed by atoms with Crippen LogP contribution in [0.25, 0.3) is 0 Å². The number of amides is 6. The molecule has 6 amide bonds. The quantitative estimate of drug-likeness (QED) is 0.145. The molecule has 17 nitrogen and oxygen atoms in total. The molecular formula is C50H66FN7O10. The van der Waals surface area contributed by atoms with E-state index in [0.29, 0.717) is 55.8 Å². The number of alkyl carbamates (subject to hydrolysis) is 2. The summed E-state index contributed by atoms with van der Waals surface area (Å²) in [5.41, 5.74) is 2.04. The average Bonchev–Trinajstić information content (AvgIpc) is 4.08. The maximum atomic E-state index is 14.4. The lowest BCUT2D eigenvalue weighted by atomic mass is 9.85. The van der Waals surface area contributed by atoms with Crippen LogP contribution in [0.4, 0.5) is 31.0 Å². The lowest BCUT2D eigenvalue weighted by Gasteiger charge is -2.35. The Balaban J connectivity index is 1.22. The number of benzene rings is 3. The Bertz CT molecular complexity index is 2150. The molecule has 3 saturated heterocycles. The average molecular weight is 944 g/mol. The van der Waals surface area contributed by atoms with Crippen LogP contribution in [0.5, 0.6) is 0 Å². The van der Waals surface area contributed by atoms with Crippen LogP contribution in [0.3, 0.4) is 0 Å². The van der Waals surface area contributed by atoms with E-state index in [4.69, 9.17) is 18.9 Å². The number of rotatable bonds is 13. The maximum absolute atomic E-state index is 14.4. The minimum absolute atomic E-state index is 0.354. The second kappa shape index (κ2) is 21.4. The van der Waals surface area contributed by atoms with Gasteiger partial charge in [-0.3, -0.25) is 19.2 Å². The molecule has 0 aromatic heterocycles. The van der Waals surface area contributed by atoms with Gasteiger partial charge in [-0.05, 0) is 96.2 Å². The molecule has 6 rings (SSSR count). The zero-order valence-corrected chi connectivity index (χ0v) is 40.6. The third-order valence-electron chi connectivity index (χ3n) is 13.1. The number of nitrogens with one attached hydrogen (secondary N) is 4. The molecule has 4 N–H and O–H groups in total. The van der Waals surface area contributed by atoms with Crippen molar-refractivity contribution in [2.45, 2.75) is 116 Å². The minimum atomic E-state index is -0.913. The van der Waals surface area contributed by atoms with E-state index in [-0.39, 0.29) is 23.6 Å². The molecule has 3 heterocycles. The Morgan fingerprint density at radius 1 is 0.574 bits per heavy atom. The Hall–Kier alpha value is -6.27. The second-order valence-corrected chi connectivity index (χ2v) is 19.6. The van der Waals surface area contributed by atoms with E-state index in [9.17, 15) is 33.2 Å². The molecule has 0 spiro atoms. The molecule has 3 fully saturated rings. The standard InChI is InChI=1S/C50H66FN7O10/c1-49(2,3)41(54-47(63)67-9)45(61)56-27-11-13-35(56)43(59)52-32-21-15-29(16-22-32)37-39(65-7)40(66-8)38(58(37)34-25-19-31(51)20-26-34)30-17-23-33(24-18-30)53-44(60)36-14-12-28-57(36)46(62)42(50(4,5)6)55-48(64)68-10/h15-26,35-42H,11-14,27-28H2,1-10H3,(H,52,59)(H,53,60)(H,54,63)(H,55,64)/t35-,36-,37-,38-,39+,40+,41+,42+/m0/s1. The molecule has 18 heteroatoms. The van der Waals surface area contributed by atoms with Crippen molar-refractivity contribution in [3.05, 3.63) is 89.7 Å². The number of carbonyl (C=O) groups excluding carboxylic acids is 6. The van der Waals surface area contributed by atoms with Gasteiger partial charge in [-0.1, -0.05) is 65.8 Å². The van der Waals surface area contributed by atoms with Crippen LogP contribution >= 0.6 is 0 Å². The van der Waals surface area contributed by atoms with Gasteiger partial charge in [0.05, 0.1) is 26.3 Å². The SMILES string of the molecule is COC(=O)N[C@H](C(=O)N1CCC[C@H]1C(=O)Nc1ccc([C@H]2[C@@H](OC)[C@H](OC)[C@H](c3ccc(NC(=O)[C@@H]4CCCN4C(=O)[C@@H](NC(=O)OC)C(C)(C)C)cc3)N2c2ccc(F)cc2)cc1)C(C)(C)C. The van der Waals surface area contributed by atoms with Gasteiger partial charge < -0.3 is 54.9 Å². The van der Waals surface area contributed by atoms with Crippen molar-refractivity contribution in [1.29, 1.82) is 0 Å². The fraction of sp³-hybridized carbons (Fsp3) is 0.520. The van der Waals surface area contributed by atoms with Crippen molar-refractivity contribution >= 4 is 52.9 Å². The number of likely N-dealkylation sites (tertiary alicyclic amines) is 2. The Morgan fingerprint density at radius 3 is 1.26 bits per heavy atom. The molecule has 0 radical (unpaired) electrons. The molecule has 3 aliphatic heterocycles.